The molecule has 1 aliphatic rings. The van der Waals surface area contributed by atoms with Crippen molar-refractivity contribution in [3.63, 3.8) is 0 Å². The Morgan fingerprint density at radius 2 is 1.90 bits per heavy atom. The number of anilines is 2. The van der Waals surface area contributed by atoms with Crippen molar-refractivity contribution in [2.75, 3.05) is 11.1 Å². The quantitative estimate of drug-likeness (QED) is 0.748. The number of nitrogens with one attached hydrogen (secondary N) is 1. The lowest BCUT2D eigenvalue weighted by Gasteiger charge is -2.27. The molecule has 114 valence electrons. The van der Waals surface area contributed by atoms with Gasteiger partial charge in [-0.05, 0) is 31.0 Å². The molecule has 7 heteroatoms. The van der Waals surface area contributed by atoms with Gasteiger partial charge in [-0.25, -0.2) is 13.6 Å². The van der Waals surface area contributed by atoms with Crippen LogP contribution in [0.3, 0.4) is 0 Å². The number of halogens is 2. The number of nitrogens with two attached hydrogens (primary N) is 1. The molecule has 0 aromatic heterocycles. The zero-order valence-electron chi connectivity index (χ0n) is 11.2. The smallest absolute Gasteiger partial charge is 0.335 e. The number of hydrogen-bond donors (Lipinski definition) is 3. The summed E-state index contributed by atoms with van der Waals surface area (Å²) < 4.78 is 26.1. The van der Waals surface area contributed by atoms with Crippen LogP contribution in [0, 0.1) is 5.92 Å². The summed E-state index contributed by atoms with van der Waals surface area (Å²) in [6, 6.07) is 3.96. The highest BCUT2D eigenvalue weighted by Gasteiger charge is 2.37. The van der Waals surface area contributed by atoms with Gasteiger partial charge < -0.3 is 16.2 Å². The Kier molecular flexibility index (Phi) is 4.11. The first-order chi connectivity index (χ1) is 9.78. The van der Waals surface area contributed by atoms with E-state index in [1.807, 2.05) is 0 Å². The Hall–Kier alpha value is -2.18. The molecule has 1 saturated carbocycles. The lowest BCUT2D eigenvalue weighted by molar-refractivity contribution is -0.124. The molecule has 4 N–H and O–H groups in total. The first-order valence-corrected chi connectivity index (χ1v) is 6.60. The van der Waals surface area contributed by atoms with E-state index in [4.69, 9.17) is 10.8 Å². The number of carbonyl (C=O) groups excluding carboxylic acids is 1. The number of nitrogen functional groups attached to an aromatic ring is 1. The molecule has 0 unspecified atom stereocenters. The van der Waals surface area contributed by atoms with Crippen molar-refractivity contribution >= 4 is 23.3 Å². The fraction of sp³-hybridized carbons (Fsp3) is 0.429. The number of hydrogen-bond acceptors (Lipinski definition) is 3. The standard InChI is InChI=1S/C14H16F2N2O3/c15-14(16)5-3-8(4-6-14)12(19)18-11-2-1-9(13(20)21)7-10(11)17/h1-2,7-8H,3-6,17H2,(H,18,19)(H,20,21). The molecule has 1 fully saturated rings. The van der Waals surface area contributed by atoms with Crippen molar-refractivity contribution in [1.29, 1.82) is 0 Å². The molecule has 1 aromatic rings. The number of benzene rings is 1. The summed E-state index contributed by atoms with van der Waals surface area (Å²) in [6.07, 6.45) is -0.324. The molecule has 1 aromatic carbocycles. The monoisotopic (exact) mass is 298 g/mol. The number of carbonyl (C=O) groups is 2. The van der Waals surface area contributed by atoms with Crippen LogP contribution in [0.25, 0.3) is 0 Å². The van der Waals surface area contributed by atoms with E-state index in [1.165, 1.54) is 18.2 Å². The molecule has 1 aliphatic carbocycles. The van der Waals surface area contributed by atoms with E-state index in [0.717, 1.165) is 0 Å². The Morgan fingerprint density at radius 3 is 2.43 bits per heavy atom. The number of carboxylic acids is 1. The van der Waals surface area contributed by atoms with Crippen molar-refractivity contribution in [3.05, 3.63) is 23.8 Å². The SMILES string of the molecule is Nc1cc(C(=O)O)ccc1NC(=O)C1CCC(F)(F)CC1. The van der Waals surface area contributed by atoms with Gasteiger partial charge in [0.1, 0.15) is 0 Å². The van der Waals surface area contributed by atoms with Crippen molar-refractivity contribution in [2.45, 2.75) is 31.6 Å². The molecule has 0 spiro atoms. The number of alkyl halides is 2. The van der Waals surface area contributed by atoms with E-state index in [-0.39, 0.29) is 42.8 Å². The lowest BCUT2D eigenvalue weighted by atomic mass is 9.86. The Bertz CT molecular complexity index is 565. The van der Waals surface area contributed by atoms with E-state index in [9.17, 15) is 18.4 Å². The van der Waals surface area contributed by atoms with Crippen LogP contribution in [-0.2, 0) is 4.79 Å². The second kappa shape index (κ2) is 5.67. The highest BCUT2D eigenvalue weighted by molar-refractivity contribution is 5.97. The first-order valence-electron chi connectivity index (χ1n) is 6.60. The van der Waals surface area contributed by atoms with E-state index in [0.29, 0.717) is 5.69 Å². The van der Waals surface area contributed by atoms with Gasteiger partial charge in [0.15, 0.2) is 0 Å². The van der Waals surface area contributed by atoms with Crippen molar-refractivity contribution < 1.29 is 23.5 Å². The minimum Gasteiger partial charge on any atom is -0.478 e. The Labute approximate surface area is 120 Å². The van der Waals surface area contributed by atoms with Crippen LogP contribution in [-0.4, -0.2) is 22.9 Å². The number of rotatable bonds is 3. The Balaban J connectivity index is 2.02. The highest BCUT2D eigenvalue weighted by atomic mass is 19.3. The predicted octanol–water partition coefficient (Wildman–Crippen LogP) is 2.73. The highest BCUT2D eigenvalue weighted by Crippen LogP contribution is 2.36. The number of carboxylic acid groups (broad SMARTS) is 1. The van der Waals surface area contributed by atoms with Gasteiger partial charge in [-0.1, -0.05) is 0 Å². The molecule has 1 amide bonds. The molecule has 0 bridgehead atoms. The summed E-state index contributed by atoms with van der Waals surface area (Å²) in [4.78, 5) is 22.8. The molecule has 5 nitrogen and oxygen atoms in total. The van der Waals surface area contributed by atoms with Crippen LogP contribution in [0.4, 0.5) is 20.2 Å². The van der Waals surface area contributed by atoms with Gasteiger partial charge in [0.25, 0.3) is 0 Å². The average Bonchev–Trinajstić information content (AvgIpc) is 2.40. The third-order valence-electron chi connectivity index (χ3n) is 3.64. The van der Waals surface area contributed by atoms with Crippen molar-refractivity contribution in [2.24, 2.45) is 5.92 Å². The predicted molar refractivity (Wildman–Crippen MR) is 73.3 cm³/mol. The second-order valence-electron chi connectivity index (χ2n) is 5.23. The third kappa shape index (κ3) is 3.68. The van der Waals surface area contributed by atoms with E-state index in [1.54, 1.807) is 0 Å². The number of aromatic carboxylic acids is 1. The molecular formula is C14H16F2N2O3. The van der Waals surface area contributed by atoms with Crippen molar-refractivity contribution in [3.8, 4) is 0 Å². The van der Waals surface area contributed by atoms with Gasteiger partial charge in [0.2, 0.25) is 11.8 Å². The van der Waals surface area contributed by atoms with Gasteiger partial charge in [0, 0.05) is 18.8 Å². The van der Waals surface area contributed by atoms with Crippen LogP contribution in [0.2, 0.25) is 0 Å². The maximum atomic E-state index is 13.0. The minimum atomic E-state index is -2.68. The summed E-state index contributed by atoms with van der Waals surface area (Å²) in [7, 11) is 0. The molecule has 21 heavy (non-hydrogen) atoms. The van der Waals surface area contributed by atoms with Crippen molar-refractivity contribution in [1.82, 2.24) is 0 Å². The van der Waals surface area contributed by atoms with Crippen LogP contribution in [0.5, 0.6) is 0 Å². The molecule has 0 heterocycles. The fourth-order valence-electron chi connectivity index (χ4n) is 2.35. The van der Waals surface area contributed by atoms with E-state index < -0.39 is 17.8 Å². The third-order valence-corrected chi connectivity index (χ3v) is 3.64. The van der Waals surface area contributed by atoms with E-state index in [2.05, 4.69) is 5.32 Å². The van der Waals surface area contributed by atoms with Crippen LogP contribution < -0.4 is 11.1 Å². The fourth-order valence-corrected chi connectivity index (χ4v) is 2.35. The Morgan fingerprint density at radius 1 is 1.29 bits per heavy atom. The molecule has 0 aliphatic heterocycles. The lowest BCUT2D eigenvalue weighted by Crippen LogP contribution is -2.32. The topological polar surface area (TPSA) is 92.4 Å². The van der Waals surface area contributed by atoms with Crippen LogP contribution in [0.15, 0.2) is 18.2 Å². The zero-order valence-corrected chi connectivity index (χ0v) is 11.2. The summed E-state index contributed by atoms with van der Waals surface area (Å²) in [5.74, 6) is -4.63. The van der Waals surface area contributed by atoms with Crippen LogP contribution in [0.1, 0.15) is 36.0 Å². The van der Waals surface area contributed by atoms with Gasteiger partial charge in [-0.3, -0.25) is 4.79 Å². The second-order valence-corrected chi connectivity index (χ2v) is 5.23. The maximum absolute atomic E-state index is 13.0. The largest absolute Gasteiger partial charge is 0.478 e. The van der Waals surface area contributed by atoms with Crippen LogP contribution >= 0.6 is 0 Å². The molecule has 0 radical (unpaired) electrons. The molecular weight excluding hydrogens is 282 g/mol. The minimum absolute atomic E-state index is 0.0165. The maximum Gasteiger partial charge on any atom is 0.335 e. The summed E-state index contributed by atoms with van der Waals surface area (Å²) in [5, 5.41) is 11.4. The summed E-state index contributed by atoms with van der Waals surface area (Å²) >= 11 is 0. The zero-order chi connectivity index (χ0) is 15.6. The molecule has 2 rings (SSSR count). The molecule has 0 saturated heterocycles. The first kappa shape index (κ1) is 15.2. The number of amides is 1. The van der Waals surface area contributed by atoms with Gasteiger partial charge in [-0.15, -0.1) is 0 Å². The van der Waals surface area contributed by atoms with Gasteiger partial charge >= 0.3 is 5.97 Å². The normalized spacial score (nSPS) is 18.2. The average molecular weight is 298 g/mol. The van der Waals surface area contributed by atoms with Gasteiger partial charge in [0.05, 0.1) is 16.9 Å². The summed E-state index contributed by atoms with van der Waals surface area (Å²) in [6.45, 7) is 0. The van der Waals surface area contributed by atoms with E-state index >= 15 is 0 Å². The molecule has 0 atom stereocenters. The summed E-state index contributed by atoms with van der Waals surface area (Å²) in [5.41, 5.74) is 6.12. The van der Waals surface area contributed by atoms with Gasteiger partial charge in [-0.2, -0.15) is 0 Å².